The molecule has 1 aromatic rings. The lowest BCUT2D eigenvalue weighted by atomic mass is 10.2. The zero-order chi connectivity index (χ0) is 13.0. The Morgan fingerprint density at radius 2 is 2.44 bits per heavy atom. The van der Waals surface area contributed by atoms with Crippen LogP contribution < -0.4 is 0 Å². The van der Waals surface area contributed by atoms with E-state index in [0.717, 1.165) is 24.9 Å². The molecule has 1 aliphatic rings. The Hall–Kier alpha value is -1.13. The summed E-state index contributed by atoms with van der Waals surface area (Å²) in [5.41, 5.74) is 1.07. The molecular weight excluding hydrogens is 252 g/mol. The summed E-state index contributed by atoms with van der Waals surface area (Å²) < 4.78 is 5.10. The summed E-state index contributed by atoms with van der Waals surface area (Å²) in [5.74, 6) is -0.114. The number of pyridine rings is 1. The highest BCUT2D eigenvalue weighted by Gasteiger charge is 2.31. The first-order chi connectivity index (χ1) is 8.70. The van der Waals surface area contributed by atoms with Crippen molar-refractivity contribution in [1.29, 1.82) is 0 Å². The van der Waals surface area contributed by atoms with Crippen LogP contribution in [0.15, 0.2) is 18.3 Å². The highest BCUT2D eigenvalue weighted by molar-refractivity contribution is 6.29. The van der Waals surface area contributed by atoms with Gasteiger partial charge >= 0.3 is 5.97 Å². The summed E-state index contributed by atoms with van der Waals surface area (Å²) in [5, 5.41) is 0.488. The molecule has 98 valence electrons. The quantitative estimate of drug-likeness (QED) is 0.621. The van der Waals surface area contributed by atoms with E-state index in [1.165, 1.54) is 0 Å². The molecule has 0 saturated carbocycles. The van der Waals surface area contributed by atoms with Crippen LogP contribution in [0.4, 0.5) is 0 Å². The van der Waals surface area contributed by atoms with Crippen molar-refractivity contribution >= 4 is 17.6 Å². The van der Waals surface area contributed by atoms with Crippen molar-refractivity contribution in [3.8, 4) is 0 Å². The van der Waals surface area contributed by atoms with Gasteiger partial charge in [0.15, 0.2) is 0 Å². The predicted molar refractivity (Wildman–Crippen MR) is 69.3 cm³/mol. The van der Waals surface area contributed by atoms with Gasteiger partial charge in [0.1, 0.15) is 11.2 Å². The largest absolute Gasteiger partial charge is 0.465 e. The third kappa shape index (κ3) is 3.21. The van der Waals surface area contributed by atoms with Gasteiger partial charge in [-0.15, -0.1) is 0 Å². The minimum Gasteiger partial charge on any atom is -0.465 e. The molecule has 0 N–H and O–H groups in total. The van der Waals surface area contributed by atoms with E-state index in [4.69, 9.17) is 16.3 Å². The maximum atomic E-state index is 11.8. The normalized spacial score (nSPS) is 20.0. The molecule has 18 heavy (non-hydrogen) atoms. The van der Waals surface area contributed by atoms with Gasteiger partial charge in [-0.3, -0.25) is 9.69 Å². The Morgan fingerprint density at radius 1 is 1.61 bits per heavy atom. The number of hydrogen-bond donors (Lipinski definition) is 0. The number of halogens is 1. The monoisotopic (exact) mass is 268 g/mol. The molecule has 0 aliphatic carbocycles. The molecule has 2 heterocycles. The van der Waals surface area contributed by atoms with E-state index in [1.54, 1.807) is 12.3 Å². The molecule has 1 fully saturated rings. The molecule has 1 aliphatic heterocycles. The number of rotatable bonds is 4. The van der Waals surface area contributed by atoms with E-state index < -0.39 is 0 Å². The second kappa shape index (κ2) is 6.16. The van der Waals surface area contributed by atoms with E-state index in [9.17, 15) is 4.79 Å². The van der Waals surface area contributed by atoms with E-state index in [1.807, 2.05) is 13.0 Å². The second-order valence-electron chi connectivity index (χ2n) is 4.37. The van der Waals surface area contributed by atoms with Gasteiger partial charge in [0, 0.05) is 12.7 Å². The van der Waals surface area contributed by atoms with Gasteiger partial charge in [-0.05, 0) is 37.9 Å². The molecule has 0 radical (unpaired) electrons. The molecule has 2 rings (SSSR count). The van der Waals surface area contributed by atoms with E-state index >= 15 is 0 Å². The van der Waals surface area contributed by atoms with Crippen molar-refractivity contribution in [2.24, 2.45) is 0 Å². The fourth-order valence-electron chi connectivity index (χ4n) is 2.26. The SMILES string of the molecule is CCOC(=O)C1CCCN1Cc1ccc(Cl)nc1. The lowest BCUT2D eigenvalue weighted by molar-refractivity contribution is -0.148. The fraction of sp³-hybridized carbons (Fsp3) is 0.538. The van der Waals surface area contributed by atoms with Gasteiger partial charge in [0.2, 0.25) is 0 Å². The number of likely N-dealkylation sites (tertiary alicyclic amines) is 1. The predicted octanol–water partition coefficient (Wildman–Crippen LogP) is 2.26. The van der Waals surface area contributed by atoms with Gasteiger partial charge in [-0.2, -0.15) is 0 Å². The summed E-state index contributed by atoms with van der Waals surface area (Å²) >= 11 is 5.75. The van der Waals surface area contributed by atoms with Crippen molar-refractivity contribution in [2.75, 3.05) is 13.2 Å². The van der Waals surface area contributed by atoms with Gasteiger partial charge in [0.25, 0.3) is 0 Å². The Labute approximate surface area is 112 Å². The van der Waals surface area contributed by atoms with Crippen molar-refractivity contribution in [3.05, 3.63) is 29.0 Å². The second-order valence-corrected chi connectivity index (χ2v) is 4.76. The molecule has 5 heteroatoms. The van der Waals surface area contributed by atoms with Crippen LogP contribution in [-0.2, 0) is 16.1 Å². The van der Waals surface area contributed by atoms with Crippen LogP contribution in [-0.4, -0.2) is 35.0 Å². The minimum atomic E-state index is -0.114. The van der Waals surface area contributed by atoms with Gasteiger partial charge in [-0.1, -0.05) is 17.7 Å². The number of nitrogens with zero attached hydrogens (tertiary/aromatic N) is 2. The maximum absolute atomic E-state index is 11.8. The van der Waals surface area contributed by atoms with Gasteiger partial charge in [0.05, 0.1) is 6.61 Å². The molecule has 4 nitrogen and oxygen atoms in total. The van der Waals surface area contributed by atoms with Crippen LogP contribution in [0.5, 0.6) is 0 Å². The summed E-state index contributed by atoms with van der Waals surface area (Å²) in [6.07, 6.45) is 3.66. The molecule has 0 amide bonds. The standard InChI is InChI=1S/C13H17ClN2O2/c1-2-18-13(17)11-4-3-7-16(11)9-10-5-6-12(14)15-8-10/h5-6,8,11H,2-4,7,9H2,1H3. The van der Waals surface area contributed by atoms with Crippen LogP contribution in [0, 0.1) is 0 Å². The number of hydrogen-bond acceptors (Lipinski definition) is 4. The maximum Gasteiger partial charge on any atom is 0.323 e. The van der Waals surface area contributed by atoms with E-state index in [2.05, 4.69) is 9.88 Å². The fourth-order valence-corrected chi connectivity index (χ4v) is 2.37. The van der Waals surface area contributed by atoms with Crippen LogP contribution >= 0.6 is 11.6 Å². The Kier molecular flexibility index (Phi) is 4.55. The van der Waals surface area contributed by atoms with Crippen LogP contribution in [0.1, 0.15) is 25.3 Å². The van der Waals surface area contributed by atoms with Crippen molar-refractivity contribution < 1.29 is 9.53 Å². The van der Waals surface area contributed by atoms with E-state index in [-0.39, 0.29) is 12.0 Å². The molecule has 1 unspecified atom stereocenters. The first kappa shape index (κ1) is 13.3. The highest BCUT2D eigenvalue weighted by Crippen LogP contribution is 2.21. The van der Waals surface area contributed by atoms with Gasteiger partial charge < -0.3 is 4.74 Å². The summed E-state index contributed by atoms with van der Waals surface area (Å²) in [4.78, 5) is 18.0. The summed E-state index contributed by atoms with van der Waals surface area (Å²) in [7, 11) is 0. The Balaban J connectivity index is 1.99. The molecule has 0 bridgehead atoms. The van der Waals surface area contributed by atoms with Crippen LogP contribution in [0.25, 0.3) is 0 Å². The number of aromatic nitrogens is 1. The van der Waals surface area contributed by atoms with Crippen molar-refractivity contribution in [2.45, 2.75) is 32.4 Å². The summed E-state index contributed by atoms with van der Waals surface area (Å²) in [6.45, 7) is 3.91. The molecule has 1 atom stereocenters. The number of esters is 1. The number of carbonyl (C=O) groups excluding carboxylic acids is 1. The number of carbonyl (C=O) groups is 1. The average molecular weight is 269 g/mol. The first-order valence-corrected chi connectivity index (χ1v) is 6.59. The lowest BCUT2D eigenvalue weighted by Gasteiger charge is -2.22. The van der Waals surface area contributed by atoms with Crippen LogP contribution in [0.3, 0.4) is 0 Å². The summed E-state index contributed by atoms with van der Waals surface area (Å²) in [6, 6.07) is 3.60. The van der Waals surface area contributed by atoms with Crippen molar-refractivity contribution in [3.63, 3.8) is 0 Å². The zero-order valence-corrected chi connectivity index (χ0v) is 11.2. The van der Waals surface area contributed by atoms with Gasteiger partial charge in [-0.25, -0.2) is 4.98 Å². The molecule has 0 spiro atoms. The smallest absolute Gasteiger partial charge is 0.323 e. The van der Waals surface area contributed by atoms with Crippen molar-refractivity contribution in [1.82, 2.24) is 9.88 Å². The van der Waals surface area contributed by atoms with Crippen LogP contribution in [0.2, 0.25) is 5.15 Å². The van der Waals surface area contributed by atoms with E-state index in [0.29, 0.717) is 18.3 Å². The molecule has 0 aromatic carbocycles. The highest BCUT2D eigenvalue weighted by atomic mass is 35.5. The lowest BCUT2D eigenvalue weighted by Crippen LogP contribution is -2.36. The first-order valence-electron chi connectivity index (χ1n) is 6.22. The number of ether oxygens (including phenoxy) is 1. The Bertz CT molecular complexity index is 408. The molecule has 1 aromatic heterocycles. The third-order valence-corrected chi connectivity index (χ3v) is 3.32. The minimum absolute atomic E-state index is 0.111. The topological polar surface area (TPSA) is 42.4 Å². The molecular formula is C13H17ClN2O2. The Morgan fingerprint density at radius 3 is 3.11 bits per heavy atom. The molecule has 1 saturated heterocycles. The zero-order valence-electron chi connectivity index (χ0n) is 10.4. The average Bonchev–Trinajstić information content (AvgIpc) is 2.81. The third-order valence-electron chi connectivity index (χ3n) is 3.10.